The summed E-state index contributed by atoms with van der Waals surface area (Å²) in [5, 5.41) is 0. The molecule has 3 rings (SSSR count). The summed E-state index contributed by atoms with van der Waals surface area (Å²) in [6, 6.07) is 18.7. The standard InChI is InChI=1S/C20H18N2O3/c1-2-18-21-13-17(19(22-18)25-16-11-7-4-8-12-16)20(23)24-14-15-9-5-3-6-10-15/h3-13H,2,14H2,1H3. The second kappa shape index (κ2) is 8.06. The molecule has 0 aliphatic rings. The van der Waals surface area contributed by atoms with Gasteiger partial charge in [-0.3, -0.25) is 0 Å². The Morgan fingerprint density at radius 3 is 2.36 bits per heavy atom. The van der Waals surface area contributed by atoms with Crippen LogP contribution in [0, 0.1) is 0 Å². The number of rotatable bonds is 6. The van der Waals surface area contributed by atoms with Gasteiger partial charge < -0.3 is 9.47 Å². The van der Waals surface area contributed by atoms with Crippen molar-refractivity contribution in [3.63, 3.8) is 0 Å². The van der Waals surface area contributed by atoms with Crippen LogP contribution in [0.2, 0.25) is 0 Å². The van der Waals surface area contributed by atoms with Crippen LogP contribution in [0.3, 0.4) is 0 Å². The molecule has 1 aromatic heterocycles. The molecule has 2 aromatic carbocycles. The largest absolute Gasteiger partial charge is 0.457 e. The average molecular weight is 334 g/mol. The van der Waals surface area contributed by atoms with Crippen molar-refractivity contribution in [3.05, 3.63) is 83.8 Å². The maximum Gasteiger partial charge on any atom is 0.345 e. The van der Waals surface area contributed by atoms with Crippen molar-refractivity contribution in [2.75, 3.05) is 0 Å². The Kier molecular flexibility index (Phi) is 5.36. The van der Waals surface area contributed by atoms with Gasteiger partial charge in [-0.15, -0.1) is 0 Å². The summed E-state index contributed by atoms with van der Waals surface area (Å²) in [4.78, 5) is 21.0. The Morgan fingerprint density at radius 2 is 1.68 bits per heavy atom. The van der Waals surface area contributed by atoms with Crippen LogP contribution >= 0.6 is 0 Å². The number of benzene rings is 2. The number of nitrogens with zero attached hydrogens (tertiary/aromatic N) is 2. The van der Waals surface area contributed by atoms with Crippen LogP contribution in [0.5, 0.6) is 11.6 Å². The number of esters is 1. The van der Waals surface area contributed by atoms with Crippen LogP contribution in [0.4, 0.5) is 0 Å². The maximum atomic E-state index is 12.4. The van der Waals surface area contributed by atoms with Crippen molar-refractivity contribution in [1.29, 1.82) is 0 Å². The molecule has 0 fully saturated rings. The van der Waals surface area contributed by atoms with Crippen LogP contribution in [0.1, 0.15) is 28.7 Å². The van der Waals surface area contributed by atoms with Gasteiger partial charge in [-0.05, 0) is 17.7 Å². The van der Waals surface area contributed by atoms with Gasteiger partial charge in [0, 0.05) is 12.6 Å². The van der Waals surface area contributed by atoms with Gasteiger partial charge in [0.25, 0.3) is 0 Å². The van der Waals surface area contributed by atoms with Gasteiger partial charge in [0.2, 0.25) is 5.88 Å². The van der Waals surface area contributed by atoms with E-state index in [9.17, 15) is 4.79 Å². The molecule has 1 heterocycles. The lowest BCUT2D eigenvalue weighted by Crippen LogP contribution is -2.10. The molecule has 0 N–H and O–H groups in total. The zero-order valence-electron chi connectivity index (χ0n) is 13.9. The molecule has 126 valence electrons. The average Bonchev–Trinajstić information content (AvgIpc) is 2.67. The number of carbonyl (C=O) groups is 1. The molecule has 0 bridgehead atoms. The lowest BCUT2D eigenvalue weighted by molar-refractivity contribution is 0.0468. The van der Waals surface area contributed by atoms with E-state index in [1.165, 1.54) is 6.20 Å². The minimum Gasteiger partial charge on any atom is -0.457 e. The van der Waals surface area contributed by atoms with Crippen LogP contribution < -0.4 is 4.74 Å². The molecule has 0 spiro atoms. The first-order valence-electron chi connectivity index (χ1n) is 8.06. The van der Waals surface area contributed by atoms with Crippen molar-refractivity contribution in [2.45, 2.75) is 20.0 Å². The third-order valence-corrected chi connectivity index (χ3v) is 3.51. The van der Waals surface area contributed by atoms with Gasteiger partial charge in [-0.2, -0.15) is 4.98 Å². The van der Waals surface area contributed by atoms with E-state index in [1.807, 2.05) is 55.5 Å². The molecule has 0 aliphatic carbocycles. The molecule has 0 radical (unpaired) electrons. The topological polar surface area (TPSA) is 61.3 Å². The molecular weight excluding hydrogens is 316 g/mol. The zero-order valence-corrected chi connectivity index (χ0v) is 13.9. The second-order valence-electron chi connectivity index (χ2n) is 5.34. The van der Waals surface area contributed by atoms with Crippen molar-refractivity contribution in [1.82, 2.24) is 9.97 Å². The number of aromatic nitrogens is 2. The fourth-order valence-corrected chi connectivity index (χ4v) is 2.19. The Hall–Kier alpha value is -3.21. The molecule has 5 nitrogen and oxygen atoms in total. The summed E-state index contributed by atoms with van der Waals surface area (Å²) < 4.78 is 11.1. The Balaban J connectivity index is 1.80. The number of para-hydroxylation sites is 1. The summed E-state index contributed by atoms with van der Waals surface area (Å²) in [7, 11) is 0. The van der Waals surface area contributed by atoms with Crippen LogP contribution in [-0.4, -0.2) is 15.9 Å². The number of hydrogen-bond acceptors (Lipinski definition) is 5. The van der Waals surface area contributed by atoms with Crippen molar-refractivity contribution in [2.24, 2.45) is 0 Å². The highest BCUT2D eigenvalue weighted by molar-refractivity contribution is 5.91. The van der Waals surface area contributed by atoms with Crippen molar-refractivity contribution in [3.8, 4) is 11.6 Å². The smallest absolute Gasteiger partial charge is 0.345 e. The molecule has 0 atom stereocenters. The van der Waals surface area contributed by atoms with Gasteiger partial charge in [0.05, 0.1) is 0 Å². The molecule has 0 aliphatic heterocycles. The van der Waals surface area contributed by atoms with Gasteiger partial charge in [0.1, 0.15) is 23.7 Å². The summed E-state index contributed by atoms with van der Waals surface area (Å²) in [6.07, 6.45) is 2.10. The number of carbonyl (C=O) groups excluding carboxylic acids is 1. The highest BCUT2D eigenvalue weighted by Gasteiger charge is 2.18. The minimum absolute atomic E-state index is 0.181. The fourth-order valence-electron chi connectivity index (χ4n) is 2.19. The SMILES string of the molecule is CCc1ncc(C(=O)OCc2ccccc2)c(Oc2ccccc2)n1. The van der Waals surface area contributed by atoms with Crippen LogP contribution in [0.25, 0.3) is 0 Å². The third kappa shape index (κ3) is 4.41. The summed E-state index contributed by atoms with van der Waals surface area (Å²) in [5.74, 6) is 0.888. The van der Waals surface area contributed by atoms with E-state index in [4.69, 9.17) is 9.47 Å². The first kappa shape index (κ1) is 16.6. The van der Waals surface area contributed by atoms with Crippen molar-refractivity contribution >= 4 is 5.97 Å². The second-order valence-corrected chi connectivity index (χ2v) is 5.34. The number of aryl methyl sites for hydroxylation is 1. The summed E-state index contributed by atoms with van der Waals surface area (Å²) >= 11 is 0. The van der Waals surface area contributed by atoms with E-state index in [1.54, 1.807) is 12.1 Å². The van der Waals surface area contributed by atoms with E-state index in [-0.39, 0.29) is 18.1 Å². The van der Waals surface area contributed by atoms with Gasteiger partial charge in [0.15, 0.2) is 0 Å². The van der Waals surface area contributed by atoms with Crippen LogP contribution in [0.15, 0.2) is 66.9 Å². The number of hydrogen-bond donors (Lipinski definition) is 0. The normalized spacial score (nSPS) is 10.3. The minimum atomic E-state index is -0.516. The lowest BCUT2D eigenvalue weighted by Gasteiger charge is -2.11. The molecule has 0 saturated carbocycles. The highest BCUT2D eigenvalue weighted by Crippen LogP contribution is 2.23. The highest BCUT2D eigenvalue weighted by atomic mass is 16.5. The van der Waals surface area contributed by atoms with E-state index in [0.717, 1.165) is 5.56 Å². The van der Waals surface area contributed by atoms with Gasteiger partial charge in [-0.25, -0.2) is 9.78 Å². The first-order valence-corrected chi connectivity index (χ1v) is 8.06. The molecule has 0 saturated heterocycles. The van der Waals surface area contributed by atoms with Crippen LogP contribution in [-0.2, 0) is 17.8 Å². The fraction of sp³-hybridized carbons (Fsp3) is 0.150. The number of ether oxygens (including phenoxy) is 2. The predicted octanol–water partition coefficient (Wildman–Crippen LogP) is 4.19. The lowest BCUT2D eigenvalue weighted by atomic mass is 10.2. The van der Waals surface area contributed by atoms with E-state index < -0.39 is 5.97 Å². The molecule has 5 heteroatoms. The summed E-state index contributed by atoms with van der Waals surface area (Å²) in [5.41, 5.74) is 1.12. The Morgan fingerprint density at radius 1 is 1.00 bits per heavy atom. The quantitative estimate of drug-likeness (QED) is 0.633. The monoisotopic (exact) mass is 334 g/mol. The summed E-state index contributed by atoms with van der Waals surface area (Å²) in [6.45, 7) is 2.12. The van der Waals surface area contributed by atoms with Gasteiger partial charge >= 0.3 is 5.97 Å². The molecule has 0 unspecified atom stereocenters. The van der Waals surface area contributed by atoms with E-state index in [0.29, 0.717) is 18.0 Å². The van der Waals surface area contributed by atoms with Crippen molar-refractivity contribution < 1.29 is 14.3 Å². The molecule has 0 amide bonds. The molecule has 3 aromatic rings. The molecule has 25 heavy (non-hydrogen) atoms. The van der Waals surface area contributed by atoms with Gasteiger partial charge in [-0.1, -0.05) is 55.5 Å². The first-order chi connectivity index (χ1) is 12.3. The predicted molar refractivity (Wildman–Crippen MR) is 93.5 cm³/mol. The Bertz CT molecular complexity index is 836. The van der Waals surface area contributed by atoms with E-state index >= 15 is 0 Å². The third-order valence-electron chi connectivity index (χ3n) is 3.51. The maximum absolute atomic E-state index is 12.4. The zero-order chi connectivity index (χ0) is 17.5. The molecular formula is C20H18N2O3. The Labute approximate surface area is 146 Å². The van der Waals surface area contributed by atoms with E-state index in [2.05, 4.69) is 9.97 Å².